The third kappa shape index (κ3) is 4.05. The van der Waals surface area contributed by atoms with Gasteiger partial charge < -0.3 is 12.7 Å². The summed E-state index contributed by atoms with van der Waals surface area (Å²) in [5.41, 5.74) is 0. The van der Waals surface area contributed by atoms with Gasteiger partial charge in [0.25, 0.3) is 9.28 Å². The van der Waals surface area contributed by atoms with Gasteiger partial charge in [0.1, 0.15) is 0 Å². The highest BCUT2D eigenvalue weighted by molar-refractivity contribution is 6.80. The van der Waals surface area contributed by atoms with E-state index in [-0.39, 0.29) is 0 Å². The molecular weight excluding hydrogens is 216 g/mol. The van der Waals surface area contributed by atoms with Crippen LogP contribution in [-0.4, -0.2) is 32.8 Å². The quantitative estimate of drug-likeness (QED) is 0.600. The minimum Gasteiger partial charge on any atom is -0.439 e. The molecule has 3 nitrogen and oxygen atoms in total. The minimum atomic E-state index is -1.84. The standard InChI is InChI=1S/C7H20O3Si3/c1-11-9-12(2,3)7-6-8-13(4,5)10-11/h11H,6-7H2,1-5H3. The fourth-order valence-electron chi connectivity index (χ4n) is 1.51. The first-order chi connectivity index (χ1) is 5.81. The molecule has 0 bridgehead atoms. The van der Waals surface area contributed by atoms with Gasteiger partial charge in [-0.15, -0.1) is 0 Å². The molecule has 1 aliphatic rings. The molecule has 1 saturated heterocycles. The zero-order chi connectivity index (χ0) is 10.1. The van der Waals surface area contributed by atoms with E-state index in [0.29, 0.717) is 0 Å². The fraction of sp³-hybridized carbons (Fsp3) is 1.00. The van der Waals surface area contributed by atoms with Crippen molar-refractivity contribution in [2.45, 2.75) is 38.8 Å². The van der Waals surface area contributed by atoms with Gasteiger partial charge in [0.2, 0.25) is 0 Å². The SMILES string of the molecule is C[SiH]1O[Si](C)(C)CCO[Si](C)(C)O1. The van der Waals surface area contributed by atoms with Crippen LogP contribution in [0.15, 0.2) is 0 Å². The molecule has 0 amide bonds. The molecule has 1 atom stereocenters. The van der Waals surface area contributed by atoms with Crippen molar-refractivity contribution in [3.8, 4) is 0 Å². The number of hydrogen-bond acceptors (Lipinski definition) is 3. The van der Waals surface area contributed by atoms with Crippen LogP contribution < -0.4 is 0 Å². The van der Waals surface area contributed by atoms with Gasteiger partial charge in [0.15, 0.2) is 8.32 Å². The second kappa shape index (κ2) is 3.95. The molecule has 0 saturated carbocycles. The van der Waals surface area contributed by atoms with Crippen LogP contribution >= 0.6 is 0 Å². The summed E-state index contributed by atoms with van der Waals surface area (Å²) in [6, 6.07) is 1.10. The van der Waals surface area contributed by atoms with E-state index < -0.39 is 26.2 Å². The van der Waals surface area contributed by atoms with E-state index in [1.165, 1.54) is 0 Å². The summed E-state index contributed by atoms with van der Waals surface area (Å²) in [7, 11) is -4.72. The highest BCUT2D eigenvalue weighted by Gasteiger charge is 2.35. The monoisotopic (exact) mass is 236 g/mol. The Kier molecular flexibility index (Phi) is 3.53. The number of hydrogen-bond donors (Lipinski definition) is 0. The highest BCUT2D eigenvalue weighted by atomic mass is 28.5. The van der Waals surface area contributed by atoms with Crippen molar-refractivity contribution in [2.75, 3.05) is 6.61 Å². The van der Waals surface area contributed by atoms with Gasteiger partial charge >= 0.3 is 8.56 Å². The molecule has 0 aromatic heterocycles. The zero-order valence-electron chi connectivity index (χ0n) is 9.22. The molecular formula is C7H20O3Si3. The highest BCUT2D eigenvalue weighted by Crippen LogP contribution is 2.20. The van der Waals surface area contributed by atoms with Crippen molar-refractivity contribution < 1.29 is 12.7 Å². The molecule has 78 valence electrons. The molecule has 0 radical (unpaired) electrons. The Morgan fingerprint density at radius 2 is 1.69 bits per heavy atom. The van der Waals surface area contributed by atoms with Gasteiger partial charge in [-0.25, -0.2) is 0 Å². The lowest BCUT2D eigenvalue weighted by atomic mass is 10.9. The van der Waals surface area contributed by atoms with Crippen molar-refractivity contribution in [3.63, 3.8) is 0 Å². The van der Waals surface area contributed by atoms with E-state index in [2.05, 4.69) is 32.7 Å². The molecule has 1 aliphatic heterocycles. The van der Waals surface area contributed by atoms with Gasteiger partial charge in [-0.05, 0) is 38.8 Å². The van der Waals surface area contributed by atoms with Crippen LogP contribution in [0.5, 0.6) is 0 Å². The number of rotatable bonds is 0. The average molecular weight is 236 g/mol. The Morgan fingerprint density at radius 1 is 1.08 bits per heavy atom. The van der Waals surface area contributed by atoms with Crippen molar-refractivity contribution in [1.29, 1.82) is 0 Å². The predicted molar refractivity (Wildman–Crippen MR) is 60.9 cm³/mol. The molecule has 0 spiro atoms. The molecule has 6 heteroatoms. The normalized spacial score (nSPS) is 33.5. The average Bonchev–Trinajstić information content (AvgIpc) is 1.79. The molecule has 13 heavy (non-hydrogen) atoms. The second-order valence-corrected chi connectivity index (χ2v) is 14.7. The van der Waals surface area contributed by atoms with E-state index in [9.17, 15) is 0 Å². The Labute approximate surface area is 84.6 Å². The fourth-order valence-corrected chi connectivity index (χ4v) is 11.1. The maximum atomic E-state index is 6.02. The third-order valence-electron chi connectivity index (χ3n) is 2.09. The molecule has 1 fully saturated rings. The molecule has 0 aromatic rings. The van der Waals surface area contributed by atoms with Crippen LogP contribution in [-0.2, 0) is 12.7 Å². The first-order valence-corrected chi connectivity index (χ1v) is 12.8. The Morgan fingerprint density at radius 3 is 2.31 bits per heavy atom. The van der Waals surface area contributed by atoms with Gasteiger partial charge in [-0.1, -0.05) is 0 Å². The maximum absolute atomic E-state index is 6.02. The first-order valence-electron chi connectivity index (χ1n) is 4.80. The summed E-state index contributed by atoms with van der Waals surface area (Å²) in [6.45, 7) is 11.6. The topological polar surface area (TPSA) is 27.7 Å². The van der Waals surface area contributed by atoms with Crippen molar-refractivity contribution >= 4 is 26.2 Å². The summed E-state index contributed by atoms with van der Waals surface area (Å²) in [5, 5.41) is 0. The van der Waals surface area contributed by atoms with E-state index in [0.717, 1.165) is 12.7 Å². The van der Waals surface area contributed by atoms with Gasteiger partial charge in [-0.2, -0.15) is 0 Å². The lowest BCUT2D eigenvalue weighted by molar-refractivity contribution is 0.234. The van der Waals surface area contributed by atoms with Gasteiger partial charge in [-0.3, -0.25) is 0 Å². The lowest BCUT2D eigenvalue weighted by Gasteiger charge is -2.35. The zero-order valence-corrected chi connectivity index (χ0v) is 12.4. The van der Waals surface area contributed by atoms with Crippen LogP contribution in [0, 0.1) is 0 Å². The van der Waals surface area contributed by atoms with Crippen LogP contribution in [0.4, 0.5) is 0 Å². The first kappa shape index (κ1) is 11.6. The van der Waals surface area contributed by atoms with Crippen LogP contribution in [0.2, 0.25) is 38.8 Å². The molecule has 1 unspecified atom stereocenters. The summed E-state index contributed by atoms with van der Waals surface area (Å²) in [6.07, 6.45) is 0. The van der Waals surface area contributed by atoms with Crippen molar-refractivity contribution in [1.82, 2.24) is 0 Å². The van der Waals surface area contributed by atoms with E-state index in [1.807, 2.05) is 0 Å². The summed E-state index contributed by atoms with van der Waals surface area (Å²) < 4.78 is 17.7. The van der Waals surface area contributed by atoms with Gasteiger partial charge in [0.05, 0.1) is 0 Å². The summed E-state index contributed by atoms with van der Waals surface area (Å²) >= 11 is 0. The maximum Gasteiger partial charge on any atom is 0.322 e. The van der Waals surface area contributed by atoms with Crippen LogP contribution in [0.1, 0.15) is 0 Å². The Hall–Kier alpha value is 0.531. The van der Waals surface area contributed by atoms with Crippen LogP contribution in [0.25, 0.3) is 0 Å². The molecule has 0 N–H and O–H groups in total. The van der Waals surface area contributed by atoms with Crippen molar-refractivity contribution in [2.24, 2.45) is 0 Å². The molecule has 1 heterocycles. The minimum absolute atomic E-state index is 0.819. The summed E-state index contributed by atoms with van der Waals surface area (Å²) in [5.74, 6) is 0. The lowest BCUT2D eigenvalue weighted by Crippen LogP contribution is -2.49. The third-order valence-corrected chi connectivity index (χ3v) is 11.9. The molecule has 1 rings (SSSR count). The largest absolute Gasteiger partial charge is 0.439 e. The molecule has 0 aliphatic carbocycles. The Bertz CT molecular complexity index is 166. The molecule has 0 aromatic carbocycles. The van der Waals surface area contributed by atoms with Gasteiger partial charge in [0, 0.05) is 6.61 Å². The summed E-state index contributed by atoms with van der Waals surface area (Å²) in [4.78, 5) is 0. The van der Waals surface area contributed by atoms with E-state index in [1.54, 1.807) is 0 Å². The second-order valence-electron chi connectivity index (χ2n) is 4.56. The predicted octanol–water partition coefficient (Wildman–Crippen LogP) is 1.81. The smallest absolute Gasteiger partial charge is 0.322 e. The van der Waals surface area contributed by atoms with Crippen molar-refractivity contribution in [3.05, 3.63) is 0 Å². The van der Waals surface area contributed by atoms with Crippen LogP contribution in [0.3, 0.4) is 0 Å². The van der Waals surface area contributed by atoms with E-state index >= 15 is 0 Å². The Balaban J connectivity index is 2.59. The van der Waals surface area contributed by atoms with E-state index in [4.69, 9.17) is 12.7 Å².